The van der Waals surface area contributed by atoms with E-state index in [1.165, 1.54) is 6.07 Å². The lowest BCUT2D eigenvalue weighted by atomic mass is 10.1. The Balaban J connectivity index is 2.11. The Kier molecular flexibility index (Phi) is 9.77. The van der Waals surface area contributed by atoms with Crippen LogP contribution in [0.4, 0.5) is 13.2 Å². The Morgan fingerprint density at radius 2 is 1.91 bits per heavy atom. The molecule has 1 heterocycles. The molecule has 176 valence electrons. The molecule has 0 aliphatic carbocycles. The third kappa shape index (κ3) is 8.03. The Morgan fingerprint density at radius 1 is 1.12 bits per heavy atom. The van der Waals surface area contributed by atoms with Crippen LogP contribution in [0.25, 0.3) is 0 Å². The second-order valence-corrected chi connectivity index (χ2v) is 7.29. The first-order valence-electron chi connectivity index (χ1n) is 10.5. The summed E-state index contributed by atoms with van der Waals surface area (Å²) in [5.41, 5.74) is 0.597. The van der Waals surface area contributed by atoms with Gasteiger partial charge in [0.1, 0.15) is 0 Å². The van der Waals surface area contributed by atoms with Crippen molar-refractivity contribution in [1.29, 1.82) is 0 Å². The minimum atomic E-state index is -4.40. The molecule has 1 aromatic carbocycles. The number of hydrogen-bond acceptors (Lipinski definition) is 4. The van der Waals surface area contributed by atoms with Gasteiger partial charge in [-0.3, -0.25) is 9.59 Å². The number of hydrogen-bond donors (Lipinski definition) is 0. The molecule has 6 nitrogen and oxygen atoms in total. The number of carbonyl (C=O) groups is 2. The highest BCUT2D eigenvalue weighted by Crippen LogP contribution is 2.29. The highest BCUT2D eigenvalue weighted by atomic mass is 19.4. The van der Waals surface area contributed by atoms with Crippen LogP contribution >= 0.6 is 0 Å². The van der Waals surface area contributed by atoms with Gasteiger partial charge >= 0.3 is 12.1 Å². The van der Waals surface area contributed by atoms with Crippen molar-refractivity contribution in [3.63, 3.8) is 0 Å². The fraction of sp³-hybridized carbons (Fsp3) is 0.478. The summed E-state index contributed by atoms with van der Waals surface area (Å²) in [5.74, 6) is -0.619. The number of amides is 1. The first-order chi connectivity index (χ1) is 15.2. The number of methoxy groups -OCH3 is 1. The lowest BCUT2D eigenvalue weighted by Gasteiger charge is -2.24. The second kappa shape index (κ2) is 12.3. The van der Waals surface area contributed by atoms with Gasteiger partial charge in [-0.1, -0.05) is 12.1 Å². The van der Waals surface area contributed by atoms with Gasteiger partial charge in [0.2, 0.25) is 5.91 Å². The quantitative estimate of drug-likeness (QED) is 0.355. The Bertz CT molecular complexity index is 880. The van der Waals surface area contributed by atoms with Crippen molar-refractivity contribution in [2.75, 3.05) is 26.9 Å². The van der Waals surface area contributed by atoms with Gasteiger partial charge in [-0.2, -0.15) is 13.2 Å². The summed E-state index contributed by atoms with van der Waals surface area (Å²) in [5, 5.41) is 0. The molecule has 9 heteroatoms. The third-order valence-electron chi connectivity index (χ3n) is 4.86. The van der Waals surface area contributed by atoms with Gasteiger partial charge < -0.3 is 18.9 Å². The maximum atomic E-state index is 13.0. The highest BCUT2D eigenvalue weighted by molar-refractivity contribution is 5.81. The van der Waals surface area contributed by atoms with Crippen molar-refractivity contribution in [2.45, 2.75) is 45.5 Å². The number of carbonyl (C=O) groups excluding carboxylic acids is 2. The van der Waals surface area contributed by atoms with Crippen molar-refractivity contribution in [3.05, 3.63) is 59.4 Å². The molecule has 0 spiro atoms. The van der Waals surface area contributed by atoms with Crippen LogP contribution in [0, 0.1) is 0 Å². The van der Waals surface area contributed by atoms with Gasteiger partial charge in [0, 0.05) is 45.1 Å². The molecule has 0 saturated heterocycles. The van der Waals surface area contributed by atoms with E-state index in [1.54, 1.807) is 37.3 Å². The summed E-state index contributed by atoms with van der Waals surface area (Å²) < 4.78 is 50.8. The summed E-state index contributed by atoms with van der Waals surface area (Å²) >= 11 is 0. The highest BCUT2D eigenvalue weighted by Gasteiger charge is 2.30. The molecule has 0 bridgehead atoms. The number of benzene rings is 1. The monoisotopic (exact) mass is 454 g/mol. The topological polar surface area (TPSA) is 60.8 Å². The van der Waals surface area contributed by atoms with Crippen LogP contribution in [0.3, 0.4) is 0 Å². The van der Waals surface area contributed by atoms with E-state index in [9.17, 15) is 22.8 Å². The lowest BCUT2D eigenvalue weighted by molar-refractivity contribution is -0.145. The largest absolute Gasteiger partial charge is 0.466 e. The summed E-state index contributed by atoms with van der Waals surface area (Å²) in [6.45, 7) is 3.40. The normalized spacial score (nSPS) is 11.4. The van der Waals surface area contributed by atoms with Gasteiger partial charge in [-0.25, -0.2) is 0 Å². The minimum Gasteiger partial charge on any atom is -0.466 e. The van der Waals surface area contributed by atoms with E-state index < -0.39 is 17.7 Å². The predicted octanol–water partition coefficient (Wildman–Crippen LogP) is 4.26. The van der Waals surface area contributed by atoms with Crippen molar-refractivity contribution in [3.8, 4) is 0 Å². The van der Waals surface area contributed by atoms with E-state index in [0.717, 1.165) is 17.8 Å². The zero-order chi connectivity index (χ0) is 23.6. The zero-order valence-electron chi connectivity index (χ0n) is 18.4. The van der Waals surface area contributed by atoms with E-state index in [-0.39, 0.29) is 38.4 Å². The summed E-state index contributed by atoms with van der Waals surface area (Å²) in [7, 11) is 1.58. The summed E-state index contributed by atoms with van der Waals surface area (Å²) in [4.78, 5) is 26.0. The average molecular weight is 454 g/mol. The molecular formula is C23H29F3N2O4. The van der Waals surface area contributed by atoms with Gasteiger partial charge in [-0.05, 0) is 43.2 Å². The lowest BCUT2D eigenvalue weighted by Crippen LogP contribution is -2.33. The average Bonchev–Trinajstić information content (AvgIpc) is 3.17. The van der Waals surface area contributed by atoms with Crippen LogP contribution in [0.1, 0.15) is 43.0 Å². The molecule has 1 aromatic heterocycles. The van der Waals surface area contributed by atoms with Crippen LogP contribution in [0.2, 0.25) is 0 Å². The van der Waals surface area contributed by atoms with Gasteiger partial charge in [0.25, 0.3) is 0 Å². The number of rotatable bonds is 12. The van der Waals surface area contributed by atoms with Crippen molar-refractivity contribution in [2.24, 2.45) is 0 Å². The van der Waals surface area contributed by atoms with E-state index in [2.05, 4.69) is 0 Å². The summed E-state index contributed by atoms with van der Waals surface area (Å²) in [6, 6.07) is 8.82. The fourth-order valence-corrected chi connectivity index (χ4v) is 3.28. The number of halogens is 3. The van der Waals surface area contributed by atoms with Crippen LogP contribution in [-0.2, 0) is 38.3 Å². The van der Waals surface area contributed by atoms with E-state index in [0.29, 0.717) is 25.1 Å². The first-order valence-corrected chi connectivity index (χ1v) is 10.5. The number of esters is 1. The summed E-state index contributed by atoms with van der Waals surface area (Å²) in [6.07, 6.45) is -1.99. The zero-order valence-corrected chi connectivity index (χ0v) is 18.4. The molecule has 2 aromatic rings. The molecule has 0 aliphatic rings. The number of alkyl halides is 3. The van der Waals surface area contributed by atoms with Crippen LogP contribution in [-0.4, -0.2) is 48.2 Å². The van der Waals surface area contributed by atoms with E-state index in [1.807, 2.05) is 10.6 Å². The van der Waals surface area contributed by atoms with Gasteiger partial charge in [0.15, 0.2) is 0 Å². The van der Waals surface area contributed by atoms with E-state index in [4.69, 9.17) is 9.47 Å². The van der Waals surface area contributed by atoms with Crippen LogP contribution in [0.5, 0.6) is 0 Å². The maximum Gasteiger partial charge on any atom is 0.416 e. The molecule has 0 unspecified atom stereocenters. The Morgan fingerprint density at radius 3 is 2.59 bits per heavy atom. The smallest absolute Gasteiger partial charge is 0.416 e. The molecule has 0 radical (unpaired) electrons. The molecule has 0 saturated carbocycles. The van der Waals surface area contributed by atoms with Crippen molar-refractivity contribution < 1.29 is 32.2 Å². The number of nitrogens with zero attached hydrogens (tertiary/aromatic N) is 2. The maximum absolute atomic E-state index is 13.0. The van der Waals surface area contributed by atoms with Crippen molar-refractivity contribution >= 4 is 11.9 Å². The first kappa shape index (κ1) is 25.5. The number of ether oxygens (including phenoxy) is 2. The molecular weight excluding hydrogens is 425 g/mol. The predicted molar refractivity (Wildman–Crippen MR) is 113 cm³/mol. The molecule has 0 N–H and O–H groups in total. The molecule has 1 amide bonds. The standard InChI is InChI=1S/C23H29F3N2O4/c1-3-32-22(30)11-10-21(29)28(13-6-14-31-2)17-20-9-5-12-27(20)16-18-7-4-8-19(15-18)23(24,25)26/h4-5,7-9,12,15H,3,6,10-11,13-14,16-17H2,1-2H3. The molecule has 32 heavy (non-hydrogen) atoms. The molecule has 0 atom stereocenters. The SMILES string of the molecule is CCOC(=O)CCC(=O)N(CCCOC)Cc1cccn1Cc1cccc(C(F)(F)F)c1. The number of aromatic nitrogens is 1. The minimum absolute atomic E-state index is 0.00129. The second-order valence-electron chi connectivity index (χ2n) is 7.29. The van der Waals surface area contributed by atoms with Gasteiger partial charge in [0.05, 0.1) is 25.1 Å². The molecule has 0 aliphatic heterocycles. The Hall–Kier alpha value is -2.81. The van der Waals surface area contributed by atoms with Crippen LogP contribution < -0.4 is 0 Å². The third-order valence-corrected chi connectivity index (χ3v) is 4.86. The van der Waals surface area contributed by atoms with Gasteiger partial charge in [-0.15, -0.1) is 0 Å². The Labute approximate surface area is 185 Å². The van der Waals surface area contributed by atoms with Crippen LogP contribution in [0.15, 0.2) is 42.6 Å². The molecule has 0 fully saturated rings. The van der Waals surface area contributed by atoms with E-state index >= 15 is 0 Å². The molecule has 2 rings (SSSR count). The fourth-order valence-electron chi connectivity index (χ4n) is 3.28. The van der Waals surface area contributed by atoms with Crippen molar-refractivity contribution in [1.82, 2.24) is 9.47 Å².